The second-order valence-electron chi connectivity index (χ2n) is 5.54. The van der Waals surface area contributed by atoms with E-state index in [1.54, 1.807) is 26.4 Å². The summed E-state index contributed by atoms with van der Waals surface area (Å²) < 4.78 is 20.9. The van der Waals surface area contributed by atoms with Gasteiger partial charge < -0.3 is 18.9 Å². The lowest BCUT2D eigenvalue weighted by Gasteiger charge is -2.17. The Kier molecular flexibility index (Phi) is 4.67. The van der Waals surface area contributed by atoms with Gasteiger partial charge >= 0.3 is 11.9 Å². The van der Waals surface area contributed by atoms with Crippen LogP contribution in [0.2, 0.25) is 0 Å². The minimum Gasteiger partial charge on any atom is -0.495 e. The first-order chi connectivity index (χ1) is 12.6. The standard InChI is InChI=1S/C20H18O6/c1-23-17-11-7-5-6-8-12(11)18(24-2)14-10-16(20(22)26-4)15(9-13(14)17)19(21)25-3/h5-10H,1-4H3. The van der Waals surface area contributed by atoms with Crippen molar-refractivity contribution < 1.29 is 28.5 Å². The average molecular weight is 354 g/mol. The van der Waals surface area contributed by atoms with E-state index in [4.69, 9.17) is 18.9 Å². The summed E-state index contributed by atoms with van der Waals surface area (Å²) in [5, 5.41) is 2.94. The molecular weight excluding hydrogens is 336 g/mol. The number of methoxy groups -OCH3 is 4. The number of ether oxygens (including phenoxy) is 4. The first kappa shape index (κ1) is 17.5. The maximum absolute atomic E-state index is 12.2. The summed E-state index contributed by atoms with van der Waals surface area (Å²) in [4.78, 5) is 24.4. The molecular formula is C20H18O6. The topological polar surface area (TPSA) is 71.1 Å². The van der Waals surface area contributed by atoms with Gasteiger partial charge in [-0.2, -0.15) is 0 Å². The summed E-state index contributed by atoms with van der Waals surface area (Å²) >= 11 is 0. The van der Waals surface area contributed by atoms with Crippen molar-refractivity contribution in [1.29, 1.82) is 0 Å². The van der Waals surface area contributed by atoms with Gasteiger partial charge in [-0.3, -0.25) is 0 Å². The van der Waals surface area contributed by atoms with E-state index in [9.17, 15) is 9.59 Å². The van der Waals surface area contributed by atoms with Crippen LogP contribution < -0.4 is 9.47 Å². The lowest BCUT2D eigenvalue weighted by molar-refractivity contribution is 0.0555. The van der Waals surface area contributed by atoms with Gasteiger partial charge in [0.15, 0.2) is 0 Å². The van der Waals surface area contributed by atoms with Gasteiger partial charge in [-0.1, -0.05) is 24.3 Å². The summed E-state index contributed by atoms with van der Waals surface area (Å²) in [5.41, 5.74) is 0.199. The van der Waals surface area contributed by atoms with Crippen molar-refractivity contribution >= 4 is 33.5 Å². The average Bonchev–Trinajstić information content (AvgIpc) is 2.69. The Morgan fingerprint density at radius 2 is 1.04 bits per heavy atom. The van der Waals surface area contributed by atoms with Gasteiger partial charge in [0.25, 0.3) is 0 Å². The van der Waals surface area contributed by atoms with Crippen molar-refractivity contribution in [2.75, 3.05) is 28.4 Å². The summed E-state index contributed by atoms with van der Waals surface area (Å²) in [7, 11) is 5.62. The molecule has 0 radical (unpaired) electrons. The fourth-order valence-electron chi connectivity index (χ4n) is 3.14. The lowest BCUT2D eigenvalue weighted by Crippen LogP contribution is -2.12. The molecule has 0 heterocycles. The van der Waals surface area contributed by atoms with E-state index in [1.807, 2.05) is 24.3 Å². The summed E-state index contributed by atoms with van der Waals surface area (Å²) in [6.07, 6.45) is 0. The molecule has 6 nitrogen and oxygen atoms in total. The molecule has 134 valence electrons. The van der Waals surface area contributed by atoms with E-state index < -0.39 is 11.9 Å². The predicted molar refractivity (Wildman–Crippen MR) is 97.2 cm³/mol. The molecule has 0 aliphatic heterocycles. The zero-order valence-corrected chi connectivity index (χ0v) is 14.9. The molecule has 0 saturated heterocycles. The number of carbonyl (C=O) groups is 2. The van der Waals surface area contributed by atoms with Crippen LogP contribution in [0.15, 0.2) is 36.4 Å². The molecule has 3 aromatic carbocycles. The maximum atomic E-state index is 12.2. The maximum Gasteiger partial charge on any atom is 0.338 e. The monoisotopic (exact) mass is 354 g/mol. The molecule has 0 spiro atoms. The Labute approximate surface area is 150 Å². The molecule has 0 aliphatic carbocycles. The smallest absolute Gasteiger partial charge is 0.338 e. The van der Waals surface area contributed by atoms with Crippen molar-refractivity contribution in [1.82, 2.24) is 0 Å². The van der Waals surface area contributed by atoms with Crippen LogP contribution >= 0.6 is 0 Å². The largest absolute Gasteiger partial charge is 0.495 e. The number of fused-ring (bicyclic) bond motifs is 2. The Hall–Kier alpha value is -3.28. The Bertz CT molecular complexity index is 940. The van der Waals surface area contributed by atoms with Crippen molar-refractivity contribution in [3.05, 3.63) is 47.5 Å². The van der Waals surface area contributed by atoms with Gasteiger partial charge in [0.05, 0.1) is 39.6 Å². The van der Waals surface area contributed by atoms with Crippen molar-refractivity contribution in [3.63, 3.8) is 0 Å². The van der Waals surface area contributed by atoms with Crippen LogP contribution in [0.1, 0.15) is 20.7 Å². The second-order valence-corrected chi connectivity index (χ2v) is 5.54. The molecule has 3 aromatic rings. The molecule has 6 heteroatoms. The number of hydrogen-bond donors (Lipinski definition) is 0. The van der Waals surface area contributed by atoms with Gasteiger partial charge in [-0.15, -0.1) is 0 Å². The SMILES string of the molecule is COC(=O)c1cc2c(OC)c3ccccc3c(OC)c2cc1C(=O)OC. The van der Waals surface area contributed by atoms with Crippen molar-refractivity contribution in [3.8, 4) is 11.5 Å². The van der Waals surface area contributed by atoms with E-state index in [2.05, 4.69) is 0 Å². The van der Waals surface area contributed by atoms with Crippen LogP contribution in [0.3, 0.4) is 0 Å². The van der Waals surface area contributed by atoms with Gasteiger partial charge in [0.1, 0.15) is 11.5 Å². The van der Waals surface area contributed by atoms with E-state index >= 15 is 0 Å². The highest BCUT2D eigenvalue weighted by atomic mass is 16.5. The Balaban J connectivity index is 2.54. The van der Waals surface area contributed by atoms with Crippen LogP contribution in [-0.4, -0.2) is 40.4 Å². The molecule has 26 heavy (non-hydrogen) atoms. The minimum atomic E-state index is -0.638. The van der Waals surface area contributed by atoms with Gasteiger partial charge in [-0.05, 0) is 12.1 Å². The van der Waals surface area contributed by atoms with E-state index in [0.29, 0.717) is 22.3 Å². The third kappa shape index (κ3) is 2.60. The van der Waals surface area contributed by atoms with Crippen molar-refractivity contribution in [2.24, 2.45) is 0 Å². The fourth-order valence-corrected chi connectivity index (χ4v) is 3.14. The molecule has 0 fully saturated rings. The quantitative estimate of drug-likeness (QED) is 0.527. The molecule has 0 amide bonds. The van der Waals surface area contributed by atoms with Crippen LogP contribution in [0.5, 0.6) is 11.5 Å². The Morgan fingerprint density at radius 3 is 1.35 bits per heavy atom. The van der Waals surface area contributed by atoms with Crippen LogP contribution in [0.25, 0.3) is 21.5 Å². The highest BCUT2D eigenvalue weighted by molar-refractivity contribution is 6.15. The van der Waals surface area contributed by atoms with Crippen LogP contribution in [-0.2, 0) is 9.47 Å². The molecule has 0 bridgehead atoms. The molecule has 0 aromatic heterocycles. The number of rotatable bonds is 4. The zero-order chi connectivity index (χ0) is 18.8. The second kappa shape index (κ2) is 6.92. The Morgan fingerprint density at radius 1 is 0.654 bits per heavy atom. The van der Waals surface area contributed by atoms with Gasteiger partial charge in [0, 0.05) is 21.5 Å². The summed E-state index contributed by atoms with van der Waals surface area (Å²) in [6, 6.07) is 10.7. The van der Waals surface area contributed by atoms with Gasteiger partial charge in [0.2, 0.25) is 0 Å². The van der Waals surface area contributed by atoms with E-state index in [0.717, 1.165) is 10.8 Å². The third-order valence-electron chi connectivity index (χ3n) is 4.28. The fraction of sp³-hybridized carbons (Fsp3) is 0.200. The highest BCUT2D eigenvalue weighted by Gasteiger charge is 2.24. The predicted octanol–water partition coefficient (Wildman–Crippen LogP) is 3.58. The minimum absolute atomic E-state index is 0.0995. The van der Waals surface area contributed by atoms with Crippen LogP contribution in [0.4, 0.5) is 0 Å². The molecule has 0 aliphatic rings. The first-order valence-electron chi connectivity index (χ1n) is 7.84. The lowest BCUT2D eigenvalue weighted by atomic mass is 9.95. The van der Waals surface area contributed by atoms with Gasteiger partial charge in [-0.25, -0.2) is 9.59 Å². The molecule has 3 rings (SSSR count). The third-order valence-corrected chi connectivity index (χ3v) is 4.28. The van der Waals surface area contributed by atoms with Crippen molar-refractivity contribution in [2.45, 2.75) is 0 Å². The van der Waals surface area contributed by atoms with E-state index in [1.165, 1.54) is 14.2 Å². The number of benzene rings is 3. The number of carbonyl (C=O) groups excluding carboxylic acids is 2. The molecule has 0 N–H and O–H groups in total. The summed E-state index contributed by atoms with van der Waals surface area (Å²) in [5.74, 6) is -0.112. The summed E-state index contributed by atoms with van der Waals surface area (Å²) in [6.45, 7) is 0. The molecule has 0 saturated carbocycles. The highest BCUT2D eigenvalue weighted by Crippen LogP contribution is 2.43. The molecule has 0 atom stereocenters. The van der Waals surface area contributed by atoms with Crippen LogP contribution in [0, 0.1) is 0 Å². The zero-order valence-electron chi connectivity index (χ0n) is 14.9. The normalized spacial score (nSPS) is 10.6. The first-order valence-corrected chi connectivity index (χ1v) is 7.84. The molecule has 0 unspecified atom stereocenters. The number of hydrogen-bond acceptors (Lipinski definition) is 6. The van der Waals surface area contributed by atoms with E-state index in [-0.39, 0.29) is 11.1 Å². The number of esters is 2.